The van der Waals surface area contributed by atoms with Crippen LogP contribution in [0.4, 0.5) is 0 Å². The van der Waals surface area contributed by atoms with Gasteiger partial charge in [0.1, 0.15) is 6.04 Å². The molecule has 0 aliphatic rings. The highest BCUT2D eigenvalue weighted by Gasteiger charge is 2.28. The molecule has 0 aliphatic carbocycles. The Bertz CT molecular complexity index is 1400. The van der Waals surface area contributed by atoms with E-state index < -0.39 is 12.0 Å². The third-order valence-corrected chi connectivity index (χ3v) is 5.98. The molecule has 4 aromatic rings. The number of carbonyl (C=O) groups is 1. The Morgan fingerprint density at radius 1 is 1.23 bits per heavy atom. The number of hydrogen-bond acceptors (Lipinski definition) is 3. The van der Waals surface area contributed by atoms with E-state index in [-0.39, 0.29) is 11.7 Å². The van der Waals surface area contributed by atoms with Gasteiger partial charge in [-0.3, -0.25) is 9.13 Å². The maximum atomic E-state index is 13.6. The highest BCUT2D eigenvalue weighted by molar-refractivity contribution is 5.87. The van der Waals surface area contributed by atoms with Gasteiger partial charge in [-0.15, -0.1) is 0 Å². The van der Waals surface area contributed by atoms with Crippen molar-refractivity contribution in [3.8, 4) is 6.07 Å². The van der Waals surface area contributed by atoms with Crippen LogP contribution in [-0.2, 0) is 4.79 Å². The van der Waals surface area contributed by atoms with Crippen LogP contribution in [0.1, 0.15) is 55.5 Å². The molecule has 0 radical (unpaired) electrons. The first-order chi connectivity index (χ1) is 14.9. The molecule has 4 rings (SSSR count). The third-order valence-electron chi connectivity index (χ3n) is 5.98. The largest absolute Gasteiger partial charge is 0.480 e. The minimum absolute atomic E-state index is 0.325. The predicted octanol–water partition coefficient (Wildman–Crippen LogP) is 4.50. The van der Waals surface area contributed by atoms with Crippen LogP contribution >= 0.6 is 0 Å². The van der Waals surface area contributed by atoms with Crippen molar-refractivity contribution < 1.29 is 9.90 Å². The average Bonchev–Trinajstić information content (AvgIpc) is 3.30. The van der Waals surface area contributed by atoms with Gasteiger partial charge in [0, 0.05) is 22.7 Å². The van der Waals surface area contributed by atoms with E-state index >= 15 is 0 Å². The topological polar surface area (TPSA) is 104 Å². The highest BCUT2D eigenvalue weighted by Crippen LogP contribution is 2.32. The van der Waals surface area contributed by atoms with Gasteiger partial charge in [-0.1, -0.05) is 25.5 Å². The number of carboxylic acid groups (broad SMARTS) is 1. The van der Waals surface area contributed by atoms with Crippen molar-refractivity contribution in [1.29, 1.82) is 5.26 Å². The molecule has 0 aliphatic heterocycles. The van der Waals surface area contributed by atoms with Gasteiger partial charge in [0.2, 0.25) is 0 Å². The number of benzene rings is 2. The number of nitriles is 1. The van der Waals surface area contributed by atoms with Crippen molar-refractivity contribution >= 4 is 27.9 Å². The molecule has 31 heavy (non-hydrogen) atoms. The van der Waals surface area contributed by atoms with E-state index in [0.717, 1.165) is 22.0 Å². The molecule has 7 heteroatoms. The Labute approximate surface area is 179 Å². The van der Waals surface area contributed by atoms with Gasteiger partial charge in [-0.25, -0.2) is 9.59 Å². The van der Waals surface area contributed by atoms with Gasteiger partial charge >= 0.3 is 11.7 Å². The third kappa shape index (κ3) is 3.21. The lowest BCUT2D eigenvalue weighted by atomic mass is 10.0. The monoisotopic (exact) mass is 416 g/mol. The van der Waals surface area contributed by atoms with Crippen molar-refractivity contribution in [2.45, 2.75) is 45.7 Å². The fraction of sp³-hybridized carbons (Fsp3) is 0.292. The normalized spacial score (nSPS) is 13.4. The van der Waals surface area contributed by atoms with Crippen LogP contribution in [0.2, 0.25) is 0 Å². The molecule has 0 fully saturated rings. The number of hydrogen-bond donors (Lipinski definition) is 2. The molecule has 2 unspecified atom stereocenters. The summed E-state index contributed by atoms with van der Waals surface area (Å²) in [5.41, 5.74) is 4.12. The van der Waals surface area contributed by atoms with Gasteiger partial charge in [0.15, 0.2) is 0 Å². The van der Waals surface area contributed by atoms with Gasteiger partial charge in [0.05, 0.1) is 28.7 Å². The van der Waals surface area contributed by atoms with E-state index in [9.17, 15) is 20.0 Å². The molecule has 2 aromatic carbocycles. The van der Waals surface area contributed by atoms with E-state index in [1.54, 1.807) is 22.8 Å². The smallest absolute Gasteiger partial charge is 0.330 e. The summed E-state index contributed by atoms with van der Waals surface area (Å²) in [6, 6.07) is 11.7. The van der Waals surface area contributed by atoms with Crippen LogP contribution < -0.4 is 5.69 Å². The van der Waals surface area contributed by atoms with E-state index in [1.165, 1.54) is 4.57 Å². The first-order valence-electron chi connectivity index (χ1n) is 10.3. The number of imidazole rings is 1. The number of fused-ring (bicyclic) bond motifs is 2. The van der Waals surface area contributed by atoms with Crippen molar-refractivity contribution in [3.05, 3.63) is 69.8 Å². The fourth-order valence-corrected chi connectivity index (χ4v) is 4.49. The summed E-state index contributed by atoms with van der Waals surface area (Å²) in [4.78, 5) is 28.9. The molecule has 0 saturated heterocycles. The summed E-state index contributed by atoms with van der Waals surface area (Å²) < 4.78 is 2.97. The van der Waals surface area contributed by atoms with Crippen LogP contribution in [0.15, 0.2) is 47.4 Å². The molecule has 2 N–H and O–H groups in total. The molecule has 0 saturated carbocycles. The number of aliphatic carboxylic acids is 1. The van der Waals surface area contributed by atoms with Crippen LogP contribution in [0, 0.1) is 18.3 Å². The lowest BCUT2D eigenvalue weighted by molar-refractivity contribution is -0.141. The molecule has 0 bridgehead atoms. The van der Waals surface area contributed by atoms with Crippen molar-refractivity contribution in [2.24, 2.45) is 0 Å². The number of aromatic nitrogens is 3. The number of rotatable bonds is 6. The molecular formula is C24H24N4O3. The summed E-state index contributed by atoms with van der Waals surface area (Å²) in [5, 5.41) is 20.3. The summed E-state index contributed by atoms with van der Waals surface area (Å²) in [5.74, 6) is -1.05. The SMILES string of the molecule is CCCC(C(=O)O)n1c(=O)n(C(C)c2c[nH]c3cccc(C)c23)c2ccc(C#N)cc21. The van der Waals surface area contributed by atoms with Gasteiger partial charge in [0.25, 0.3) is 0 Å². The van der Waals surface area contributed by atoms with E-state index in [2.05, 4.69) is 11.1 Å². The summed E-state index contributed by atoms with van der Waals surface area (Å²) >= 11 is 0. The Kier molecular flexibility index (Phi) is 5.15. The number of nitrogens with one attached hydrogen (secondary N) is 1. The molecular weight excluding hydrogens is 392 g/mol. The molecule has 7 nitrogen and oxygen atoms in total. The number of nitrogens with zero attached hydrogens (tertiary/aromatic N) is 3. The van der Waals surface area contributed by atoms with E-state index in [1.807, 2.05) is 45.2 Å². The Balaban J connectivity index is 2.02. The zero-order valence-electron chi connectivity index (χ0n) is 17.7. The van der Waals surface area contributed by atoms with Gasteiger partial charge in [-0.2, -0.15) is 5.26 Å². The van der Waals surface area contributed by atoms with Crippen molar-refractivity contribution in [3.63, 3.8) is 0 Å². The minimum Gasteiger partial charge on any atom is -0.480 e. The molecule has 158 valence electrons. The van der Waals surface area contributed by atoms with Crippen LogP contribution in [0.5, 0.6) is 0 Å². The number of aryl methyl sites for hydroxylation is 1. The second-order valence-electron chi connectivity index (χ2n) is 7.90. The lowest BCUT2D eigenvalue weighted by Gasteiger charge is -2.15. The fourth-order valence-electron chi connectivity index (χ4n) is 4.49. The molecule has 0 spiro atoms. The molecule has 2 atom stereocenters. The maximum absolute atomic E-state index is 13.6. The zero-order valence-corrected chi connectivity index (χ0v) is 17.7. The highest BCUT2D eigenvalue weighted by atomic mass is 16.4. The summed E-state index contributed by atoms with van der Waals surface area (Å²) in [6.07, 6.45) is 2.85. The Morgan fingerprint density at radius 2 is 2.00 bits per heavy atom. The second-order valence-corrected chi connectivity index (χ2v) is 7.90. The second kappa shape index (κ2) is 7.80. The maximum Gasteiger partial charge on any atom is 0.330 e. The van der Waals surface area contributed by atoms with Gasteiger partial charge in [-0.05, 0) is 50.1 Å². The minimum atomic E-state index is -1.05. The summed E-state index contributed by atoms with van der Waals surface area (Å²) in [7, 11) is 0. The first-order valence-corrected chi connectivity index (χ1v) is 10.3. The van der Waals surface area contributed by atoms with Gasteiger partial charge < -0.3 is 10.1 Å². The van der Waals surface area contributed by atoms with E-state index in [4.69, 9.17) is 0 Å². The molecule has 2 aromatic heterocycles. The van der Waals surface area contributed by atoms with Crippen LogP contribution in [0.25, 0.3) is 21.9 Å². The Hall–Kier alpha value is -3.79. The van der Waals surface area contributed by atoms with Crippen LogP contribution in [0.3, 0.4) is 0 Å². The van der Waals surface area contributed by atoms with E-state index in [0.29, 0.717) is 29.4 Å². The lowest BCUT2D eigenvalue weighted by Crippen LogP contribution is -2.32. The predicted molar refractivity (Wildman–Crippen MR) is 119 cm³/mol. The van der Waals surface area contributed by atoms with Crippen molar-refractivity contribution in [1.82, 2.24) is 14.1 Å². The summed E-state index contributed by atoms with van der Waals surface area (Å²) in [6.45, 7) is 5.85. The zero-order chi connectivity index (χ0) is 22.3. The molecule has 2 heterocycles. The number of carboxylic acids is 1. The quantitative estimate of drug-likeness (QED) is 0.483. The molecule has 0 amide bonds. The standard InChI is InChI=1S/C24H24N4O3/c1-4-6-20(23(29)30)28-21-11-16(12-25)9-10-19(21)27(24(28)31)15(3)17-13-26-18-8-5-7-14(2)22(17)18/h5,7-11,13,15,20,26H,4,6H2,1-3H3,(H,29,30). The number of aromatic amines is 1. The van der Waals surface area contributed by atoms with Crippen LogP contribution in [-0.4, -0.2) is 25.2 Å². The number of H-pyrrole nitrogens is 1. The Morgan fingerprint density at radius 3 is 2.68 bits per heavy atom. The average molecular weight is 416 g/mol. The van der Waals surface area contributed by atoms with Crippen molar-refractivity contribution in [2.75, 3.05) is 0 Å². The first kappa shape index (κ1) is 20.5.